The molecule has 0 atom stereocenters. The Morgan fingerprint density at radius 2 is 1.36 bits per heavy atom. The van der Waals surface area contributed by atoms with Crippen LogP contribution in [0.3, 0.4) is 0 Å². The summed E-state index contributed by atoms with van der Waals surface area (Å²) in [5, 5.41) is 0. The van der Waals surface area contributed by atoms with Gasteiger partial charge in [0.15, 0.2) is 0 Å². The zero-order chi connectivity index (χ0) is 28.2. The van der Waals surface area contributed by atoms with E-state index in [-0.39, 0.29) is 6.04 Å². The molecule has 1 heterocycles. The predicted molar refractivity (Wildman–Crippen MR) is 163 cm³/mol. The summed E-state index contributed by atoms with van der Waals surface area (Å²) in [6, 6.07) is 29.5. The number of aromatic nitrogens is 1. The molecule has 0 radical (unpaired) electrons. The second-order valence-corrected chi connectivity index (χ2v) is 9.74. The zero-order valence-electron chi connectivity index (χ0n) is 23.2. The van der Waals surface area contributed by atoms with Crippen LogP contribution in [0.25, 0.3) is 0 Å². The summed E-state index contributed by atoms with van der Waals surface area (Å²) in [4.78, 5) is 20.4. The maximum Gasteiger partial charge on any atom is 0.241 e. The number of rotatable bonds is 11. The van der Waals surface area contributed by atoms with Gasteiger partial charge >= 0.3 is 0 Å². The minimum atomic E-state index is -0.0142. The van der Waals surface area contributed by atoms with Gasteiger partial charge in [0, 0.05) is 23.6 Å². The second-order valence-electron chi connectivity index (χ2n) is 8.82. The number of hydrogen-bond donors (Lipinski definition) is 0. The molecule has 0 N–H and O–H groups in total. The van der Waals surface area contributed by atoms with E-state index < -0.39 is 0 Å². The third-order valence-corrected chi connectivity index (χ3v) is 6.36. The van der Waals surface area contributed by atoms with Gasteiger partial charge in [0.1, 0.15) is 18.9 Å². The molecule has 0 aliphatic carbocycles. The molecule has 6 nitrogen and oxygen atoms in total. The number of anilines is 3. The van der Waals surface area contributed by atoms with Gasteiger partial charge in [-0.2, -0.15) is 4.98 Å². The average Bonchev–Trinajstić information content (AvgIpc) is 2.97. The molecular formula is C32H36BrN3O3. The normalized spacial score (nSPS) is 10.3. The van der Waals surface area contributed by atoms with Crippen molar-refractivity contribution >= 4 is 39.4 Å². The monoisotopic (exact) mass is 589 g/mol. The summed E-state index contributed by atoms with van der Waals surface area (Å²) < 4.78 is 13.1. The molecule has 1 amide bonds. The van der Waals surface area contributed by atoms with Gasteiger partial charge < -0.3 is 19.3 Å². The summed E-state index contributed by atoms with van der Waals surface area (Å²) in [6.45, 7) is 8.72. The summed E-state index contributed by atoms with van der Waals surface area (Å²) >= 11 is 3.54. The number of nitrogens with zero attached hydrogens (tertiary/aromatic N) is 3. The van der Waals surface area contributed by atoms with Crippen LogP contribution < -0.4 is 19.3 Å². The highest BCUT2D eigenvalue weighted by atomic mass is 79.9. The van der Waals surface area contributed by atoms with Gasteiger partial charge in [0.2, 0.25) is 18.2 Å². The molecule has 3 aromatic carbocycles. The molecule has 204 valence electrons. The number of hydrogen-bond acceptors (Lipinski definition) is 5. The van der Waals surface area contributed by atoms with Crippen molar-refractivity contribution in [2.75, 3.05) is 16.8 Å². The van der Waals surface area contributed by atoms with Crippen LogP contribution >= 0.6 is 15.9 Å². The first-order chi connectivity index (χ1) is 19.0. The largest absolute Gasteiger partial charge is 0.473 e. The Morgan fingerprint density at radius 3 is 1.92 bits per heavy atom. The predicted octanol–water partition coefficient (Wildman–Crippen LogP) is 8.17. The molecule has 0 unspecified atom stereocenters. The van der Waals surface area contributed by atoms with Gasteiger partial charge in [-0.15, -0.1) is 0 Å². The minimum absolute atomic E-state index is 0.0142. The van der Waals surface area contributed by atoms with Gasteiger partial charge in [-0.1, -0.05) is 90.4 Å². The number of ether oxygens (including phenoxy) is 2. The molecule has 0 saturated carbocycles. The molecule has 4 aromatic rings. The molecule has 39 heavy (non-hydrogen) atoms. The second kappa shape index (κ2) is 14.9. The van der Waals surface area contributed by atoms with Crippen molar-refractivity contribution in [3.63, 3.8) is 0 Å². The standard InChI is InChI=1S/C30H30BrN3O3.C2H6/c1-22(2)34(21-35)28-18-25(31)14-15-26(28)33(3)27-16-17-29(36-19-23-10-6-4-7-11-23)32-30(27)37-20-24-12-8-5-9-13-24;1-2/h4-18,21-22H,19-20H2,1-3H3;1-2H3. The first-order valence-electron chi connectivity index (χ1n) is 13.1. The fourth-order valence-corrected chi connectivity index (χ4v) is 4.24. The summed E-state index contributed by atoms with van der Waals surface area (Å²) in [6.07, 6.45) is 0.857. The van der Waals surface area contributed by atoms with Crippen LogP contribution in [-0.4, -0.2) is 24.5 Å². The van der Waals surface area contributed by atoms with Crippen LogP contribution in [0.4, 0.5) is 17.1 Å². The van der Waals surface area contributed by atoms with Crippen LogP contribution in [0.5, 0.6) is 11.8 Å². The Morgan fingerprint density at radius 1 is 0.795 bits per heavy atom. The van der Waals surface area contributed by atoms with E-state index in [2.05, 4.69) is 15.9 Å². The van der Waals surface area contributed by atoms with Gasteiger partial charge in [0.05, 0.1) is 11.4 Å². The van der Waals surface area contributed by atoms with Crippen molar-refractivity contribution < 1.29 is 14.3 Å². The van der Waals surface area contributed by atoms with Gasteiger partial charge in [-0.05, 0) is 49.2 Å². The first-order valence-corrected chi connectivity index (χ1v) is 13.9. The van der Waals surface area contributed by atoms with Crippen LogP contribution in [0.1, 0.15) is 38.8 Å². The number of pyridine rings is 1. The molecule has 0 fully saturated rings. The van der Waals surface area contributed by atoms with E-state index in [0.717, 1.165) is 39.1 Å². The summed E-state index contributed by atoms with van der Waals surface area (Å²) in [5.74, 6) is 0.907. The highest BCUT2D eigenvalue weighted by Crippen LogP contribution is 2.40. The van der Waals surface area contributed by atoms with Gasteiger partial charge in [0.25, 0.3) is 0 Å². The fourth-order valence-electron chi connectivity index (χ4n) is 3.89. The van der Waals surface area contributed by atoms with E-state index in [0.29, 0.717) is 25.0 Å². The summed E-state index contributed by atoms with van der Waals surface area (Å²) in [7, 11) is 1.94. The topological polar surface area (TPSA) is 54.9 Å². The molecule has 1 aromatic heterocycles. The smallest absolute Gasteiger partial charge is 0.241 e. The van der Waals surface area contributed by atoms with Crippen molar-refractivity contribution in [3.8, 4) is 11.8 Å². The number of carbonyl (C=O) groups is 1. The average molecular weight is 591 g/mol. The minimum Gasteiger partial charge on any atom is -0.473 e. The highest BCUT2D eigenvalue weighted by Gasteiger charge is 2.21. The lowest BCUT2D eigenvalue weighted by Gasteiger charge is -2.30. The van der Waals surface area contributed by atoms with Crippen LogP contribution in [-0.2, 0) is 18.0 Å². The SMILES string of the molecule is CC.CC(C)N(C=O)c1cc(Br)ccc1N(C)c1ccc(OCc2ccccc2)nc1OCc1ccccc1. The third kappa shape index (κ3) is 8.07. The van der Waals surface area contributed by atoms with E-state index in [9.17, 15) is 4.79 Å². The van der Waals surface area contributed by atoms with Crippen LogP contribution in [0.15, 0.2) is 95.5 Å². The lowest BCUT2D eigenvalue weighted by molar-refractivity contribution is -0.107. The summed E-state index contributed by atoms with van der Waals surface area (Å²) in [5.41, 5.74) is 4.46. The van der Waals surface area contributed by atoms with Crippen LogP contribution in [0, 0.1) is 0 Å². The maximum absolute atomic E-state index is 12.0. The van der Waals surface area contributed by atoms with Gasteiger partial charge in [-0.25, -0.2) is 0 Å². The number of halogens is 1. The Bertz CT molecular complexity index is 1320. The quantitative estimate of drug-likeness (QED) is 0.165. The number of amides is 1. The molecule has 0 spiro atoms. The van der Waals surface area contributed by atoms with E-state index in [1.807, 2.05) is 131 Å². The lowest BCUT2D eigenvalue weighted by Crippen LogP contribution is -2.30. The fraction of sp³-hybridized carbons (Fsp3) is 0.250. The van der Waals surface area contributed by atoms with E-state index in [4.69, 9.17) is 14.5 Å². The molecule has 4 rings (SSSR count). The van der Waals surface area contributed by atoms with Crippen molar-refractivity contribution in [2.24, 2.45) is 0 Å². The Labute approximate surface area is 240 Å². The molecule has 0 aliphatic heterocycles. The molecule has 0 aliphatic rings. The first kappa shape index (κ1) is 29.7. The van der Waals surface area contributed by atoms with E-state index in [1.165, 1.54) is 0 Å². The molecule has 0 bridgehead atoms. The van der Waals surface area contributed by atoms with Crippen molar-refractivity contribution in [2.45, 2.75) is 47.0 Å². The Kier molecular flexibility index (Phi) is 11.4. The number of benzene rings is 3. The zero-order valence-corrected chi connectivity index (χ0v) is 24.8. The molecular weight excluding hydrogens is 554 g/mol. The Hall–Kier alpha value is -3.84. The maximum atomic E-state index is 12.0. The van der Waals surface area contributed by atoms with E-state index in [1.54, 1.807) is 4.90 Å². The Balaban J connectivity index is 0.00000205. The van der Waals surface area contributed by atoms with Crippen molar-refractivity contribution in [1.82, 2.24) is 4.98 Å². The molecule has 0 saturated heterocycles. The van der Waals surface area contributed by atoms with Crippen molar-refractivity contribution in [3.05, 3.63) is 107 Å². The number of carbonyl (C=O) groups excluding carboxylic acids is 1. The highest BCUT2D eigenvalue weighted by molar-refractivity contribution is 9.10. The van der Waals surface area contributed by atoms with Crippen molar-refractivity contribution in [1.29, 1.82) is 0 Å². The van der Waals surface area contributed by atoms with Crippen LogP contribution in [0.2, 0.25) is 0 Å². The molecule has 7 heteroatoms. The van der Waals surface area contributed by atoms with Gasteiger partial charge in [-0.3, -0.25) is 4.79 Å². The van der Waals surface area contributed by atoms with E-state index >= 15 is 0 Å². The lowest BCUT2D eigenvalue weighted by atomic mass is 10.2. The third-order valence-electron chi connectivity index (χ3n) is 5.87.